The van der Waals surface area contributed by atoms with E-state index in [-0.39, 0.29) is 0 Å². The number of hydrogen-bond donors (Lipinski definition) is 1. The first-order chi connectivity index (χ1) is 10.8. The number of rotatable bonds is 3. The summed E-state index contributed by atoms with van der Waals surface area (Å²) in [5.74, 6) is 1.56. The van der Waals surface area contributed by atoms with Gasteiger partial charge in [-0.3, -0.25) is 0 Å². The lowest BCUT2D eigenvalue weighted by Crippen LogP contribution is -2.31. The average molecular weight is 294 g/mol. The molecule has 1 heterocycles. The normalized spacial score (nSPS) is 26.9. The second-order valence-electron chi connectivity index (χ2n) is 6.44. The molecule has 3 nitrogen and oxygen atoms in total. The fraction of sp³-hybridized carbons (Fsp3) is 0.368. The maximum absolute atomic E-state index is 6.24. The van der Waals surface area contributed by atoms with Gasteiger partial charge in [0.05, 0.1) is 0 Å². The molecule has 1 saturated heterocycles. The van der Waals surface area contributed by atoms with Gasteiger partial charge in [-0.1, -0.05) is 18.2 Å². The minimum atomic E-state index is 0.327. The highest BCUT2D eigenvalue weighted by Crippen LogP contribution is 2.40. The van der Waals surface area contributed by atoms with Crippen molar-refractivity contribution in [1.29, 1.82) is 0 Å². The molecule has 22 heavy (non-hydrogen) atoms. The molecule has 1 aliphatic heterocycles. The third kappa shape index (κ3) is 2.52. The summed E-state index contributed by atoms with van der Waals surface area (Å²) < 4.78 is 6.24. The van der Waals surface area contributed by atoms with Crippen LogP contribution < -0.4 is 15.4 Å². The molecule has 0 amide bonds. The SMILES string of the molecule is Nc1ccc(OC2CCC3CC2CN3c2ccccc2)cc1. The second-order valence-corrected chi connectivity index (χ2v) is 6.44. The van der Waals surface area contributed by atoms with Crippen molar-refractivity contribution >= 4 is 11.4 Å². The molecule has 2 aromatic rings. The number of nitrogens with two attached hydrogens (primary N) is 1. The minimum Gasteiger partial charge on any atom is -0.490 e. The lowest BCUT2D eigenvalue weighted by molar-refractivity contribution is 0.113. The molecule has 3 atom stereocenters. The molecule has 2 N–H and O–H groups in total. The van der Waals surface area contributed by atoms with Gasteiger partial charge in [-0.2, -0.15) is 0 Å². The van der Waals surface area contributed by atoms with Gasteiger partial charge in [0.1, 0.15) is 11.9 Å². The Morgan fingerprint density at radius 2 is 1.73 bits per heavy atom. The number of hydrogen-bond acceptors (Lipinski definition) is 3. The van der Waals surface area contributed by atoms with Gasteiger partial charge in [-0.05, 0) is 55.7 Å². The molecule has 114 valence electrons. The molecule has 2 bridgehead atoms. The van der Waals surface area contributed by atoms with Crippen molar-refractivity contribution in [3.8, 4) is 5.75 Å². The fourth-order valence-electron chi connectivity index (χ4n) is 3.90. The second kappa shape index (κ2) is 5.56. The summed E-state index contributed by atoms with van der Waals surface area (Å²) >= 11 is 0. The van der Waals surface area contributed by atoms with Crippen molar-refractivity contribution in [2.24, 2.45) is 5.92 Å². The van der Waals surface area contributed by atoms with E-state index in [2.05, 4.69) is 35.2 Å². The highest BCUT2D eigenvalue weighted by atomic mass is 16.5. The Morgan fingerprint density at radius 1 is 0.955 bits per heavy atom. The minimum absolute atomic E-state index is 0.327. The van der Waals surface area contributed by atoms with Crippen molar-refractivity contribution in [2.45, 2.75) is 31.4 Å². The molecule has 1 aliphatic carbocycles. The highest BCUT2D eigenvalue weighted by Gasteiger charge is 2.41. The van der Waals surface area contributed by atoms with Crippen LogP contribution in [0.15, 0.2) is 54.6 Å². The topological polar surface area (TPSA) is 38.5 Å². The number of nitrogen functional groups attached to an aromatic ring is 1. The van der Waals surface area contributed by atoms with E-state index in [1.54, 1.807) is 0 Å². The van der Waals surface area contributed by atoms with Gasteiger partial charge >= 0.3 is 0 Å². The Balaban J connectivity index is 1.47. The summed E-state index contributed by atoms with van der Waals surface area (Å²) in [6.45, 7) is 1.11. The van der Waals surface area contributed by atoms with Crippen molar-refractivity contribution < 1.29 is 4.74 Å². The Morgan fingerprint density at radius 3 is 2.50 bits per heavy atom. The van der Waals surface area contributed by atoms with Gasteiger partial charge in [-0.15, -0.1) is 0 Å². The smallest absolute Gasteiger partial charge is 0.119 e. The Labute approximate surface area is 131 Å². The summed E-state index contributed by atoms with van der Waals surface area (Å²) in [4.78, 5) is 2.57. The van der Waals surface area contributed by atoms with Crippen LogP contribution in [0.3, 0.4) is 0 Å². The van der Waals surface area contributed by atoms with Crippen LogP contribution in [0.2, 0.25) is 0 Å². The number of benzene rings is 2. The van der Waals surface area contributed by atoms with Crippen LogP contribution in [-0.4, -0.2) is 18.7 Å². The molecule has 3 heteroatoms. The zero-order chi connectivity index (χ0) is 14.9. The predicted molar refractivity (Wildman–Crippen MR) is 90.2 cm³/mol. The van der Waals surface area contributed by atoms with E-state index in [4.69, 9.17) is 10.5 Å². The summed E-state index contributed by atoms with van der Waals surface area (Å²) in [6, 6.07) is 19.2. The predicted octanol–water partition coefficient (Wildman–Crippen LogP) is 3.71. The van der Waals surface area contributed by atoms with E-state index in [0.717, 1.165) is 24.4 Å². The monoisotopic (exact) mass is 294 g/mol. The molecule has 3 unspecified atom stereocenters. The Kier molecular flexibility index (Phi) is 3.41. The van der Waals surface area contributed by atoms with Gasteiger partial charge in [0.2, 0.25) is 0 Å². The van der Waals surface area contributed by atoms with Crippen molar-refractivity contribution in [2.75, 3.05) is 17.2 Å². The first-order valence-corrected chi connectivity index (χ1v) is 8.13. The first-order valence-electron chi connectivity index (χ1n) is 8.13. The fourth-order valence-corrected chi connectivity index (χ4v) is 3.90. The zero-order valence-corrected chi connectivity index (χ0v) is 12.7. The summed E-state index contributed by atoms with van der Waals surface area (Å²) in [5, 5.41) is 0. The number of ether oxygens (including phenoxy) is 1. The zero-order valence-electron chi connectivity index (χ0n) is 12.7. The number of anilines is 2. The highest BCUT2D eigenvalue weighted by molar-refractivity contribution is 5.49. The maximum Gasteiger partial charge on any atom is 0.119 e. The number of para-hydroxylation sites is 1. The van der Waals surface area contributed by atoms with Crippen LogP contribution >= 0.6 is 0 Å². The van der Waals surface area contributed by atoms with E-state index in [0.29, 0.717) is 18.1 Å². The van der Waals surface area contributed by atoms with Gasteiger partial charge in [0.25, 0.3) is 0 Å². The quantitative estimate of drug-likeness (QED) is 0.877. The molecule has 1 saturated carbocycles. The van der Waals surface area contributed by atoms with Crippen LogP contribution in [0.25, 0.3) is 0 Å². The number of fused-ring (bicyclic) bond motifs is 2. The van der Waals surface area contributed by atoms with Gasteiger partial charge < -0.3 is 15.4 Å². The summed E-state index contributed by atoms with van der Waals surface area (Å²) in [6.07, 6.45) is 3.93. The van der Waals surface area contributed by atoms with Crippen LogP contribution in [0, 0.1) is 5.92 Å². The standard InChI is InChI=1S/C19H22N2O/c20-15-6-9-18(10-7-15)22-19-11-8-17-12-14(19)13-21(17)16-4-2-1-3-5-16/h1-7,9-10,14,17,19H,8,11-13,20H2. The largest absolute Gasteiger partial charge is 0.490 e. The Hall–Kier alpha value is -2.16. The van der Waals surface area contributed by atoms with Crippen molar-refractivity contribution in [3.63, 3.8) is 0 Å². The third-order valence-electron chi connectivity index (χ3n) is 5.01. The first kappa shape index (κ1) is 13.5. The van der Waals surface area contributed by atoms with Crippen LogP contribution in [-0.2, 0) is 0 Å². The van der Waals surface area contributed by atoms with E-state index in [9.17, 15) is 0 Å². The molecule has 0 spiro atoms. The van der Waals surface area contributed by atoms with E-state index in [1.807, 2.05) is 24.3 Å². The van der Waals surface area contributed by atoms with Gasteiger partial charge in [-0.25, -0.2) is 0 Å². The molecule has 0 radical (unpaired) electrons. The van der Waals surface area contributed by atoms with E-state index >= 15 is 0 Å². The van der Waals surface area contributed by atoms with Gasteiger partial charge in [0.15, 0.2) is 0 Å². The molecule has 0 aromatic heterocycles. The molecular formula is C19H22N2O. The molecule has 2 aliphatic rings. The molecule has 2 aromatic carbocycles. The molecule has 2 fully saturated rings. The van der Waals surface area contributed by atoms with E-state index in [1.165, 1.54) is 18.5 Å². The van der Waals surface area contributed by atoms with Crippen LogP contribution in [0.1, 0.15) is 19.3 Å². The van der Waals surface area contributed by atoms with Crippen molar-refractivity contribution in [3.05, 3.63) is 54.6 Å². The average Bonchev–Trinajstić information content (AvgIpc) is 2.91. The van der Waals surface area contributed by atoms with Crippen LogP contribution in [0.4, 0.5) is 11.4 Å². The van der Waals surface area contributed by atoms with Gasteiger partial charge in [0, 0.05) is 29.9 Å². The maximum atomic E-state index is 6.24. The molecular weight excluding hydrogens is 272 g/mol. The van der Waals surface area contributed by atoms with Crippen LogP contribution in [0.5, 0.6) is 5.75 Å². The summed E-state index contributed by atoms with van der Waals surface area (Å²) in [7, 11) is 0. The summed E-state index contributed by atoms with van der Waals surface area (Å²) in [5.41, 5.74) is 7.87. The third-order valence-corrected chi connectivity index (χ3v) is 5.01. The number of nitrogens with zero attached hydrogens (tertiary/aromatic N) is 1. The lowest BCUT2D eigenvalue weighted by atomic mass is 9.87. The van der Waals surface area contributed by atoms with Crippen molar-refractivity contribution in [1.82, 2.24) is 0 Å². The van der Waals surface area contributed by atoms with E-state index < -0.39 is 0 Å². The lowest BCUT2D eigenvalue weighted by Gasteiger charge is -2.29. The molecule has 4 rings (SSSR count). The Bertz CT molecular complexity index is 626.